The van der Waals surface area contributed by atoms with E-state index in [1.165, 1.54) is 0 Å². The van der Waals surface area contributed by atoms with Gasteiger partial charge >= 0.3 is 0 Å². The summed E-state index contributed by atoms with van der Waals surface area (Å²) in [7, 11) is 3.59. The molecule has 1 atom stereocenters. The first kappa shape index (κ1) is 28.5. The summed E-state index contributed by atoms with van der Waals surface area (Å²) < 4.78 is 4.77. The Hall–Kier alpha value is -1.67. The van der Waals surface area contributed by atoms with Crippen molar-refractivity contribution in [3.05, 3.63) is 0 Å². The van der Waals surface area contributed by atoms with Gasteiger partial charge in [-0.05, 0) is 32.2 Å². The Morgan fingerprint density at radius 1 is 0.929 bits per heavy atom. The molecule has 3 N–H and O–H groups in total. The summed E-state index contributed by atoms with van der Waals surface area (Å²) in [5.41, 5.74) is 0. The highest BCUT2D eigenvalue weighted by Crippen LogP contribution is 2.06. The number of carbonyl (C=O) groups is 3. The third-order valence-corrected chi connectivity index (χ3v) is 3.75. The summed E-state index contributed by atoms with van der Waals surface area (Å²) in [6.07, 6.45) is 5.10. The molecular formula is C20H42N4O4. The van der Waals surface area contributed by atoms with Gasteiger partial charge in [0.05, 0.1) is 12.6 Å². The molecule has 3 fully saturated rings. The lowest BCUT2D eigenvalue weighted by atomic mass is 10.2. The standard InChI is InChI=1S/C7H14N2O.C5H9NO.C4H7NO2.2C2H6/c1-9(2)7(10)6-4-3-5-8-6;7-5-3-1-2-4-6-5;6-4-3-7-2-1-5-4;2*1-2/h6,8H,3-5H2,1-2H3;1-4H2,(H,6,7);1-3H2,(H,5,6);2*1-2H3/t6-;;;;/m0..../s1. The second-order valence-electron chi connectivity index (χ2n) is 6.09. The van der Waals surface area contributed by atoms with Crippen molar-refractivity contribution >= 4 is 17.7 Å². The normalized spacial score (nSPS) is 20.0. The van der Waals surface area contributed by atoms with Crippen LogP contribution < -0.4 is 16.0 Å². The number of morpholine rings is 1. The van der Waals surface area contributed by atoms with Crippen LogP contribution in [0.25, 0.3) is 0 Å². The summed E-state index contributed by atoms with van der Waals surface area (Å²) in [5.74, 6) is 0.412. The molecule has 3 amide bonds. The Balaban J connectivity index is 0. The first-order valence-electron chi connectivity index (χ1n) is 10.6. The smallest absolute Gasteiger partial charge is 0.246 e. The summed E-state index contributed by atoms with van der Waals surface area (Å²) in [5, 5.41) is 8.51. The number of hydrogen-bond donors (Lipinski definition) is 3. The number of piperidine rings is 1. The highest BCUT2D eigenvalue weighted by Gasteiger charge is 2.22. The number of amides is 3. The van der Waals surface area contributed by atoms with Crippen LogP contribution in [-0.4, -0.2) is 75.6 Å². The van der Waals surface area contributed by atoms with E-state index in [2.05, 4.69) is 16.0 Å². The van der Waals surface area contributed by atoms with Gasteiger partial charge in [0, 0.05) is 33.6 Å². The van der Waals surface area contributed by atoms with E-state index >= 15 is 0 Å². The van der Waals surface area contributed by atoms with Gasteiger partial charge in [0.25, 0.3) is 0 Å². The van der Waals surface area contributed by atoms with Gasteiger partial charge in [-0.3, -0.25) is 14.4 Å². The van der Waals surface area contributed by atoms with Crippen molar-refractivity contribution in [1.82, 2.24) is 20.9 Å². The van der Waals surface area contributed by atoms with Crippen molar-refractivity contribution < 1.29 is 19.1 Å². The van der Waals surface area contributed by atoms with Gasteiger partial charge in [-0.2, -0.15) is 0 Å². The number of likely N-dealkylation sites (N-methyl/N-ethyl adjacent to an activating group) is 1. The second-order valence-corrected chi connectivity index (χ2v) is 6.09. The zero-order chi connectivity index (χ0) is 21.8. The first-order chi connectivity index (χ1) is 13.5. The lowest BCUT2D eigenvalue weighted by Crippen LogP contribution is -2.39. The van der Waals surface area contributed by atoms with E-state index < -0.39 is 0 Å². The van der Waals surface area contributed by atoms with Gasteiger partial charge in [0.15, 0.2) is 0 Å². The largest absolute Gasteiger partial charge is 0.370 e. The zero-order valence-corrected chi connectivity index (χ0v) is 18.7. The topological polar surface area (TPSA) is 99.8 Å². The second kappa shape index (κ2) is 20.1. The van der Waals surface area contributed by atoms with Crippen LogP contribution in [0.2, 0.25) is 0 Å². The summed E-state index contributed by atoms with van der Waals surface area (Å²) >= 11 is 0. The van der Waals surface area contributed by atoms with E-state index in [1.54, 1.807) is 19.0 Å². The molecule has 0 aromatic heterocycles. The number of nitrogens with one attached hydrogen (secondary N) is 3. The molecular weight excluding hydrogens is 360 g/mol. The highest BCUT2D eigenvalue weighted by atomic mass is 16.5. The minimum Gasteiger partial charge on any atom is -0.370 e. The molecule has 3 aliphatic heterocycles. The molecule has 166 valence electrons. The molecule has 28 heavy (non-hydrogen) atoms. The maximum absolute atomic E-state index is 11.2. The van der Waals surface area contributed by atoms with E-state index in [4.69, 9.17) is 4.74 Å². The van der Waals surface area contributed by atoms with E-state index in [9.17, 15) is 14.4 Å². The van der Waals surface area contributed by atoms with Crippen LogP contribution in [0.4, 0.5) is 0 Å². The van der Waals surface area contributed by atoms with Gasteiger partial charge in [-0.15, -0.1) is 0 Å². The van der Waals surface area contributed by atoms with Gasteiger partial charge in [-0.25, -0.2) is 0 Å². The molecule has 0 saturated carbocycles. The van der Waals surface area contributed by atoms with Crippen LogP contribution in [0.15, 0.2) is 0 Å². The Morgan fingerprint density at radius 3 is 1.86 bits per heavy atom. The fraction of sp³-hybridized carbons (Fsp3) is 0.850. The van der Waals surface area contributed by atoms with Crippen molar-refractivity contribution in [3.8, 4) is 0 Å². The average molecular weight is 403 g/mol. The van der Waals surface area contributed by atoms with Gasteiger partial charge < -0.3 is 25.6 Å². The molecule has 0 spiro atoms. The van der Waals surface area contributed by atoms with Crippen molar-refractivity contribution in [2.24, 2.45) is 0 Å². The lowest BCUT2D eigenvalue weighted by molar-refractivity contribution is -0.130. The fourth-order valence-corrected chi connectivity index (χ4v) is 2.41. The number of hydrogen-bond acceptors (Lipinski definition) is 5. The Labute approximate surface area is 171 Å². The SMILES string of the molecule is CC.CC.CN(C)C(=O)[C@@H]1CCCN1.O=C1CCCCN1.O=C1COCCN1. The van der Waals surface area contributed by atoms with Gasteiger partial charge in [0.1, 0.15) is 6.61 Å². The molecule has 3 aliphatic rings. The summed E-state index contributed by atoms with van der Waals surface area (Å²) in [4.78, 5) is 33.4. The van der Waals surface area contributed by atoms with Crippen molar-refractivity contribution in [2.75, 3.05) is 46.9 Å². The molecule has 8 heteroatoms. The highest BCUT2D eigenvalue weighted by molar-refractivity contribution is 5.81. The van der Waals surface area contributed by atoms with Crippen LogP contribution >= 0.6 is 0 Å². The molecule has 0 bridgehead atoms. The monoisotopic (exact) mass is 402 g/mol. The number of rotatable bonds is 1. The maximum Gasteiger partial charge on any atom is 0.246 e. The Bertz CT molecular complexity index is 373. The van der Waals surface area contributed by atoms with E-state index in [0.29, 0.717) is 13.2 Å². The van der Waals surface area contributed by atoms with E-state index in [1.807, 2.05) is 27.7 Å². The number of ether oxygens (including phenoxy) is 1. The predicted molar refractivity (Wildman–Crippen MR) is 113 cm³/mol. The van der Waals surface area contributed by atoms with Crippen LogP contribution in [0.1, 0.15) is 59.8 Å². The summed E-state index contributed by atoms with van der Waals surface area (Å²) in [6.45, 7) is 11.4. The van der Waals surface area contributed by atoms with Gasteiger partial charge in [-0.1, -0.05) is 27.7 Å². The molecule has 8 nitrogen and oxygen atoms in total. The van der Waals surface area contributed by atoms with Gasteiger partial charge in [0.2, 0.25) is 17.7 Å². The van der Waals surface area contributed by atoms with Crippen molar-refractivity contribution in [1.29, 1.82) is 0 Å². The lowest BCUT2D eigenvalue weighted by Gasteiger charge is -2.15. The van der Waals surface area contributed by atoms with E-state index in [-0.39, 0.29) is 30.4 Å². The molecule has 3 rings (SSSR count). The average Bonchev–Trinajstić information content (AvgIpc) is 3.27. The van der Waals surface area contributed by atoms with Crippen molar-refractivity contribution in [2.45, 2.75) is 65.8 Å². The van der Waals surface area contributed by atoms with Crippen LogP contribution in [0.3, 0.4) is 0 Å². The summed E-state index contributed by atoms with van der Waals surface area (Å²) in [6, 6.07) is 0.0926. The Morgan fingerprint density at radius 2 is 1.57 bits per heavy atom. The van der Waals surface area contributed by atoms with Crippen LogP contribution in [0, 0.1) is 0 Å². The predicted octanol–water partition coefficient (Wildman–Crippen LogP) is 1.30. The molecule has 3 heterocycles. The van der Waals surface area contributed by atoms with Crippen LogP contribution in [0.5, 0.6) is 0 Å². The number of carbonyl (C=O) groups excluding carboxylic acids is 3. The minimum absolute atomic E-state index is 0.00810. The molecule has 0 aliphatic carbocycles. The zero-order valence-electron chi connectivity index (χ0n) is 18.7. The maximum atomic E-state index is 11.2. The third kappa shape index (κ3) is 15.4. The molecule has 0 unspecified atom stereocenters. The number of nitrogens with zero attached hydrogens (tertiary/aromatic N) is 1. The molecule has 0 radical (unpaired) electrons. The fourth-order valence-electron chi connectivity index (χ4n) is 2.41. The quantitative estimate of drug-likeness (QED) is 0.614. The minimum atomic E-state index is -0.00810. The van der Waals surface area contributed by atoms with Crippen molar-refractivity contribution in [3.63, 3.8) is 0 Å². The molecule has 3 saturated heterocycles. The first-order valence-corrected chi connectivity index (χ1v) is 10.6. The molecule has 0 aromatic carbocycles. The Kier molecular flexibility index (Phi) is 20.5. The van der Waals surface area contributed by atoms with Crippen LogP contribution in [-0.2, 0) is 19.1 Å². The molecule has 0 aromatic rings. The van der Waals surface area contributed by atoms with E-state index in [0.717, 1.165) is 45.2 Å². The third-order valence-electron chi connectivity index (χ3n) is 3.75.